The van der Waals surface area contributed by atoms with Gasteiger partial charge in [-0.25, -0.2) is 8.78 Å². The molecule has 0 fully saturated rings. The van der Waals surface area contributed by atoms with Gasteiger partial charge in [0.1, 0.15) is 13.2 Å². The maximum Gasteiger partial charge on any atom is 0.257 e. The van der Waals surface area contributed by atoms with Crippen molar-refractivity contribution in [1.29, 1.82) is 0 Å². The summed E-state index contributed by atoms with van der Waals surface area (Å²) in [6.45, 7) is 0.910. The molecule has 0 radical (unpaired) electrons. The highest BCUT2D eigenvalue weighted by Crippen LogP contribution is 2.33. The van der Waals surface area contributed by atoms with Crippen molar-refractivity contribution in [2.24, 2.45) is 5.73 Å². The molecule has 0 amide bonds. The molecule has 0 spiro atoms. The Kier molecular flexibility index (Phi) is 4.32. The van der Waals surface area contributed by atoms with E-state index >= 15 is 0 Å². The van der Waals surface area contributed by atoms with Crippen molar-refractivity contribution in [3.05, 3.63) is 23.8 Å². The van der Waals surface area contributed by atoms with Crippen molar-refractivity contribution in [1.82, 2.24) is 0 Å². The summed E-state index contributed by atoms with van der Waals surface area (Å²) in [5, 5.41) is 0. The zero-order chi connectivity index (χ0) is 10.8. The van der Waals surface area contributed by atoms with Crippen molar-refractivity contribution in [3.63, 3.8) is 0 Å². The summed E-state index contributed by atoms with van der Waals surface area (Å²) in [6, 6.07) is 3.36. The van der Waals surface area contributed by atoms with Gasteiger partial charge in [-0.1, -0.05) is 6.07 Å². The number of ether oxygens (including phenoxy) is 2. The second-order valence-electron chi connectivity index (χ2n) is 3.26. The van der Waals surface area contributed by atoms with Crippen LogP contribution in [0.4, 0.5) is 8.78 Å². The van der Waals surface area contributed by atoms with Gasteiger partial charge in [0, 0.05) is 0 Å². The monoisotopic (exact) mass is 251 g/mol. The van der Waals surface area contributed by atoms with Crippen molar-refractivity contribution in [2.45, 2.75) is 12.5 Å². The number of benzene rings is 1. The molecule has 3 nitrogen and oxygen atoms in total. The maximum atomic E-state index is 12.3. The Morgan fingerprint density at radius 2 is 1.75 bits per heavy atom. The van der Waals surface area contributed by atoms with Gasteiger partial charge in [-0.2, -0.15) is 0 Å². The van der Waals surface area contributed by atoms with Gasteiger partial charge < -0.3 is 15.2 Å². The predicted molar refractivity (Wildman–Crippen MR) is 57.6 cm³/mol. The molecule has 1 atom stereocenters. The predicted octanol–water partition coefficient (Wildman–Crippen LogP) is 2.14. The summed E-state index contributed by atoms with van der Waals surface area (Å²) < 4.78 is 35.2. The topological polar surface area (TPSA) is 44.5 Å². The molecule has 0 bridgehead atoms. The van der Waals surface area contributed by atoms with Crippen LogP contribution in [0, 0.1) is 0 Å². The van der Waals surface area contributed by atoms with Crippen LogP contribution in [-0.2, 0) is 0 Å². The molecule has 0 saturated carbocycles. The molecule has 0 saturated heterocycles. The third-order valence-electron chi connectivity index (χ3n) is 2.22. The number of halogens is 3. The van der Waals surface area contributed by atoms with E-state index in [0.29, 0.717) is 30.3 Å². The molecule has 2 rings (SSSR count). The Morgan fingerprint density at radius 3 is 2.38 bits per heavy atom. The summed E-state index contributed by atoms with van der Waals surface area (Å²) in [6.07, 6.45) is -2.58. The average molecular weight is 252 g/mol. The highest BCUT2D eigenvalue weighted by atomic mass is 35.5. The Bertz CT molecular complexity index is 363. The number of rotatable bonds is 2. The molecule has 2 N–H and O–H groups in total. The van der Waals surface area contributed by atoms with Crippen LogP contribution in [0.3, 0.4) is 0 Å². The van der Waals surface area contributed by atoms with Crippen LogP contribution in [0.5, 0.6) is 11.5 Å². The Morgan fingerprint density at radius 1 is 1.12 bits per heavy atom. The summed E-state index contributed by atoms with van der Waals surface area (Å²) in [4.78, 5) is 0. The largest absolute Gasteiger partial charge is 0.486 e. The lowest BCUT2D eigenvalue weighted by molar-refractivity contribution is 0.116. The Labute approximate surface area is 97.9 Å². The molecular weight excluding hydrogens is 240 g/mol. The third-order valence-corrected chi connectivity index (χ3v) is 2.22. The molecule has 0 aromatic heterocycles. The minimum Gasteiger partial charge on any atom is -0.486 e. The maximum absolute atomic E-state index is 12.3. The summed E-state index contributed by atoms with van der Waals surface area (Å²) >= 11 is 0. The highest BCUT2D eigenvalue weighted by molar-refractivity contribution is 5.85. The van der Waals surface area contributed by atoms with Crippen molar-refractivity contribution in [2.75, 3.05) is 13.2 Å². The van der Waals surface area contributed by atoms with Crippen LogP contribution in [-0.4, -0.2) is 19.6 Å². The first-order chi connectivity index (χ1) is 7.18. The first-order valence-electron chi connectivity index (χ1n) is 4.62. The number of alkyl halides is 2. The fourth-order valence-electron chi connectivity index (χ4n) is 1.41. The quantitative estimate of drug-likeness (QED) is 0.876. The van der Waals surface area contributed by atoms with Crippen molar-refractivity contribution >= 4 is 12.4 Å². The second-order valence-corrected chi connectivity index (χ2v) is 3.26. The van der Waals surface area contributed by atoms with Gasteiger partial charge in [0.05, 0.1) is 6.04 Å². The van der Waals surface area contributed by atoms with E-state index < -0.39 is 12.5 Å². The van der Waals surface area contributed by atoms with Crippen LogP contribution in [0.15, 0.2) is 18.2 Å². The van der Waals surface area contributed by atoms with Gasteiger partial charge in [-0.3, -0.25) is 0 Å². The highest BCUT2D eigenvalue weighted by Gasteiger charge is 2.20. The molecule has 0 aliphatic carbocycles. The zero-order valence-electron chi connectivity index (χ0n) is 8.36. The van der Waals surface area contributed by atoms with E-state index in [9.17, 15) is 8.78 Å². The van der Waals surface area contributed by atoms with E-state index in [1.54, 1.807) is 6.07 Å². The molecule has 1 aromatic rings. The van der Waals surface area contributed by atoms with Gasteiger partial charge in [0.2, 0.25) is 0 Å². The van der Waals surface area contributed by atoms with Gasteiger partial charge in [-0.15, -0.1) is 12.4 Å². The summed E-state index contributed by atoms with van der Waals surface area (Å²) in [7, 11) is 0. The van der Waals surface area contributed by atoms with E-state index in [0.717, 1.165) is 0 Å². The lowest BCUT2D eigenvalue weighted by Crippen LogP contribution is -2.20. The van der Waals surface area contributed by atoms with E-state index in [2.05, 4.69) is 0 Å². The molecule has 90 valence electrons. The fourth-order valence-corrected chi connectivity index (χ4v) is 1.41. The average Bonchev–Trinajstić information content (AvgIpc) is 2.27. The van der Waals surface area contributed by atoms with E-state index in [-0.39, 0.29) is 12.4 Å². The third kappa shape index (κ3) is 2.54. The SMILES string of the molecule is Cl.N[C@H](c1ccc2c(c1)OCCO2)C(F)F. The van der Waals surface area contributed by atoms with Crippen LogP contribution in [0.2, 0.25) is 0 Å². The summed E-state index contributed by atoms with van der Waals surface area (Å²) in [5.41, 5.74) is 5.68. The van der Waals surface area contributed by atoms with Crippen LogP contribution in [0.1, 0.15) is 11.6 Å². The molecule has 1 heterocycles. The van der Waals surface area contributed by atoms with Crippen LogP contribution in [0.25, 0.3) is 0 Å². The molecule has 1 aromatic carbocycles. The molecule has 1 aliphatic heterocycles. The molecular formula is C10H12ClF2NO2. The smallest absolute Gasteiger partial charge is 0.257 e. The van der Waals surface area contributed by atoms with E-state index in [1.165, 1.54) is 12.1 Å². The van der Waals surface area contributed by atoms with Gasteiger partial charge in [-0.05, 0) is 17.7 Å². The lowest BCUT2D eigenvalue weighted by Gasteiger charge is -2.20. The molecule has 16 heavy (non-hydrogen) atoms. The zero-order valence-corrected chi connectivity index (χ0v) is 9.18. The number of hydrogen-bond donors (Lipinski definition) is 1. The first kappa shape index (κ1) is 13.0. The van der Waals surface area contributed by atoms with Crippen molar-refractivity contribution in [3.8, 4) is 11.5 Å². The van der Waals surface area contributed by atoms with Gasteiger partial charge in [0.25, 0.3) is 6.43 Å². The molecule has 1 aliphatic rings. The minimum atomic E-state index is -2.58. The number of nitrogens with two attached hydrogens (primary N) is 1. The number of fused-ring (bicyclic) bond motifs is 1. The summed E-state index contributed by atoms with van der Waals surface area (Å²) in [5.74, 6) is 1.06. The normalized spacial score (nSPS) is 15.5. The van der Waals surface area contributed by atoms with E-state index in [1.807, 2.05) is 0 Å². The van der Waals surface area contributed by atoms with Gasteiger partial charge >= 0.3 is 0 Å². The lowest BCUT2D eigenvalue weighted by atomic mass is 10.1. The van der Waals surface area contributed by atoms with Gasteiger partial charge in [0.15, 0.2) is 11.5 Å². The molecule has 0 unspecified atom stereocenters. The fraction of sp³-hybridized carbons (Fsp3) is 0.400. The van der Waals surface area contributed by atoms with Crippen LogP contribution < -0.4 is 15.2 Å². The Hall–Kier alpha value is -1.07. The first-order valence-corrected chi connectivity index (χ1v) is 4.62. The Balaban J connectivity index is 0.00000128. The number of hydrogen-bond acceptors (Lipinski definition) is 3. The second kappa shape index (κ2) is 5.32. The van der Waals surface area contributed by atoms with E-state index in [4.69, 9.17) is 15.2 Å². The van der Waals surface area contributed by atoms with Crippen molar-refractivity contribution < 1.29 is 18.3 Å². The standard InChI is InChI=1S/C10H11F2NO2.ClH/c11-10(12)9(13)6-1-2-7-8(5-6)15-4-3-14-7;/h1-2,5,9-10H,3-4,13H2;1H/t9-;/m1./s1. The minimum absolute atomic E-state index is 0. The van der Waals surface area contributed by atoms with Crippen LogP contribution >= 0.6 is 12.4 Å². The molecule has 6 heteroatoms.